The molecule has 0 bridgehead atoms. The van der Waals surface area contributed by atoms with Gasteiger partial charge in [0, 0.05) is 30.9 Å². The van der Waals surface area contributed by atoms with Gasteiger partial charge in [-0.15, -0.1) is 0 Å². The number of benzene rings is 2. The zero-order chi connectivity index (χ0) is 19.4. The molecule has 1 unspecified atom stereocenters. The zero-order valence-electron chi connectivity index (χ0n) is 15.8. The molecule has 1 saturated heterocycles. The molecule has 6 heteroatoms. The third kappa shape index (κ3) is 4.06. The van der Waals surface area contributed by atoms with Crippen LogP contribution in [-0.2, 0) is 10.0 Å². The van der Waals surface area contributed by atoms with Crippen LogP contribution in [0.1, 0.15) is 43.0 Å². The average molecular weight is 387 g/mol. The van der Waals surface area contributed by atoms with Crippen LogP contribution >= 0.6 is 0 Å². The Labute approximate surface area is 161 Å². The van der Waals surface area contributed by atoms with Crippen LogP contribution in [0.4, 0.5) is 5.69 Å². The quantitative estimate of drug-likeness (QED) is 0.783. The van der Waals surface area contributed by atoms with E-state index >= 15 is 0 Å². The second kappa shape index (κ2) is 8.23. The van der Waals surface area contributed by atoms with Gasteiger partial charge >= 0.3 is 0 Å². The highest BCUT2D eigenvalue weighted by molar-refractivity contribution is 7.89. The molecule has 1 amide bonds. The molecule has 2 aromatic carbocycles. The number of nitrogens with zero attached hydrogens (tertiary/aromatic N) is 2. The van der Waals surface area contributed by atoms with E-state index in [0.29, 0.717) is 12.1 Å². The van der Waals surface area contributed by atoms with E-state index in [4.69, 9.17) is 0 Å². The standard InChI is InChI=1S/C21H26N2O3S/c1-3-18-9-7-8-16-23(18)27(25,26)20-14-12-17(13-15-20)21(24)22(2)19-10-5-4-6-11-19/h4-6,10-15,18H,3,7-9,16H2,1-2H3. The number of piperidine rings is 1. The lowest BCUT2D eigenvalue weighted by Gasteiger charge is -2.34. The molecular formula is C21H26N2O3S. The molecule has 1 atom stereocenters. The van der Waals surface area contributed by atoms with Gasteiger partial charge in [-0.3, -0.25) is 4.79 Å². The lowest BCUT2D eigenvalue weighted by molar-refractivity contribution is 0.0993. The van der Waals surface area contributed by atoms with Gasteiger partial charge in [-0.05, 0) is 55.7 Å². The maximum atomic E-state index is 13.0. The van der Waals surface area contributed by atoms with Crippen molar-refractivity contribution in [2.45, 2.75) is 43.5 Å². The van der Waals surface area contributed by atoms with Gasteiger partial charge in [-0.25, -0.2) is 8.42 Å². The minimum atomic E-state index is -3.53. The van der Waals surface area contributed by atoms with E-state index in [0.717, 1.165) is 31.4 Å². The molecular weight excluding hydrogens is 360 g/mol. The van der Waals surface area contributed by atoms with Crippen LogP contribution < -0.4 is 4.90 Å². The van der Waals surface area contributed by atoms with Crippen LogP contribution in [0.25, 0.3) is 0 Å². The minimum absolute atomic E-state index is 0.0641. The van der Waals surface area contributed by atoms with Crippen LogP contribution in [0.5, 0.6) is 0 Å². The topological polar surface area (TPSA) is 57.7 Å². The Morgan fingerprint density at radius 3 is 2.37 bits per heavy atom. The molecule has 0 aliphatic carbocycles. The molecule has 5 nitrogen and oxygen atoms in total. The summed E-state index contributed by atoms with van der Waals surface area (Å²) < 4.78 is 27.7. The zero-order valence-corrected chi connectivity index (χ0v) is 16.7. The Hall–Kier alpha value is -2.18. The van der Waals surface area contributed by atoms with Crippen molar-refractivity contribution in [3.8, 4) is 0 Å². The molecule has 2 aromatic rings. The van der Waals surface area contributed by atoms with Crippen LogP contribution in [0.15, 0.2) is 59.5 Å². The summed E-state index contributed by atoms with van der Waals surface area (Å²) in [5.74, 6) is -0.172. The molecule has 1 aliphatic heterocycles. The first-order chi connectivity index (χ1) is 12.9. The third-order valence-electron chi connectivity index (χ3n) is 5.20. The second-order valence-electron chi connectivity index (χ2n) is 6.90. The van der Waals surface area contributed by atoms with Crippen LogP contribution in [0.2, 0.25) is 0 Å². The summed E-state index contributed by atoms with van der Waals surface area (Å²) in [7, 11) is -1.82. The van der Waals surface area contributed by atoms with Crippen LogP contribution in [0, 0.1) is 0 Å². The van der Waals surface area contributed by atoms with Crippen molar-refractivity contribution in [3.63, 3.8) is 0 Å². The van der Waals surface area contributed by atoms with Crippen LogP contribution in [-0.4, -0.2) is 38.3 Å². The first-order valence-corrected chi connectivity index (χ1v) is 10.8. The van der Waals surface area contributed by atoms with Gasteiger partial charge in [0.1, 0.15) is 0 Å². The number of sulfonamides is 1. The number of hydrogen-bond donors (Lipinski definition) is 0. The van der Waals surface area contributed by atoms with E-state index in [1.54, 1.807) is 40.5 Å². The average Bonchev–Trinajstić information content (AvgIpc) is 2.73. The molecule has 1 aliphatic rings. The summed E-state index contributed by atoms with van der Waals surface area (Å²) in [4.78, 5) is 14.5. The van der Waals surface area contributed by atoms with Crippen molar-refractivity contribution < 1.29 is 13.2 Å². The van der Waals surface area contributed by atoms with Crippen molar-refractivity contribution >= 4 is 21.6 Å². The van der Waals surface area contributed by atoms with Crippen molar-refractivity contribution in [1.29, 1.82) is 0 Å². The fourth-order valence-corrected chi connectivity index (χ4v) is 5.33. The first kappa shape index (κ1) is 19.6. The summed E-state index contributed by atoms with van der Waals surface area (Å²) in [5.41, 5.74) is 1.25. The normalized spacial score (nSPS) is 18.2. The maximum Gasteiger partial charge on any atom is 0.258 e. The highest BCUT2D eigenvalue weighted by atomic mass is 32.2. The molecule has 0 spiro atoms. The van der Waals surface area contributed by atoms with E-state index in [1.165, 1.54) is 0 Å². The SMILES string of the molecule is CCC1CCCCN1S(=O)(=O)c1ccc(C(=O)N(C)c2ccccc2)cc1. The van der Waals surface area contributed by atoms with Crippen molar-refractivity contribution in [3.05, 3.63) is 60.2 Å². The molecule has 0 saturated carbocycles. The van der Waals surface area contributed by atoms with Crippen molar-refractivity contribution in [2.24, 2.45) is 0 Å². The predicted octanol–water partition coefficient (Wildman–Crippen LogP) is 3.92. The Morgan fingerprint density at radius 2 is 1.74 bits per heavy atom. The molecule has 1 heterocycles. The number of amides is 1. The number of carbonyl (C=O) groups excluding carboxylic acids is 1. The highest BCUT2D eigenvalue weighted by Gasteiger charge is 2.32. The van der Waals surface area contributed by atoms with Gasteiger partial charge in [0.25, 0.3) is 5.91 Å². The number of carbonyl (C=O) groups is 1. The fraction of sp³-hybridized carbons (Fsp3) is 0.381. The molecule has 0 N–H and O–H groups in total. The summed E-state index contributed by atoms with van der Waals surface area (Å²) >= 11 is 0. The molecule has 0 radical (unpaired) electrons. The van der Waals surface area contributed by atoms with Crippen molar-refractivity contribution in [2.75, 3.05) is 18.5 Å². The summed E-state index contributed by atoms with van der Waals surface area (Å²) in [6.45, 7) is 2.60. The molecule has 3 rings (SSSR count). The number of anilines is 1. The maximum absolute atomic E-state index is 13.0. The van der Waals surface area contributed by atoms with E-state index < -0.39 is 10.0 Å². The van der Waals surface area contributed by atoms with E-state index in [2.05, 4.69) is 0 Å². The fourth-order valence-electron chi connectivity index (χ4n) is 3.57. The lowest BCUT2D eigenvalue weighted by Crippen LogP contribution is -2.43. The Morgan fingerprint density at radius 1 is 1.07 bits per heavy atom. The van der Waals surface area contributed by atoms with E-state index in [-0.39, 0.29) is 16.8 Å². The highest BCUT2D eigenvalue weighted by Crippen LogP contribution is 2.27. The number of para-hydroxylation sites is 1. The van der Waals surface area contributed by atoms with Gasteiger partial charge < -0.3 is 4.90 Å². The summed E-state index contributed by atoms with van der Waals surface area (Å²) in [5, 5.41) is 0. The molecule has 1 fully saturated rings. The molecule has 0 aromatic heterocycles. The largest absolute Gasteiger partial charge is 0.311 e. The Bertz CT molecular complexity index is 879. The van der Waals surface area contributed by atoms with Crippen LogP contribution in [0.3, 0.4) is 0 Å². The van der Waals surface area contributed by atoms with Gasteiger partial charge in [0.15, 0.2) is 0 Å². The third-order valence-corrected chi connectivity index (χ3v) is 7.17. The lowest BCUT2D eigenvalue weighted by atomic mass is 10.0. The van der Waals surface area contributed by atoms with Gasteiger partial charge in [0.2, 0.25) is 10.0 Å². The second-order valence-corrected chi connectivity index (χ2v) is 8.79. The summed E-state index contributed by atoms with van der Waals surface area (Å²) in [6, 6.07) is 15.7. The van der Waals surface area contributed by atoms with Gasteiger partial charge in [0.05, 0.1) is 4.90 Å². The molecule has 27 heavy (non-hydrogen) atoms. The Kier molecular flexibility index (Phi) is 5.97. The summed E-state index contributed by atoms with van der Waals surface area (Å²) in [6.07, 6.45) is 3.70. The van der Waals surface area contributed by atoms with Gasteiger partial charge in [-0.2, -0.15) is 4.31 Å². The van der Waals surface area contributed by atoms with Crippen molar-refractivity contribution in [1.82, 2.24) is 4.31 Å². The minimum Gasteiger partial charge on any atom is -0.311 e. The number of hydrogen-bond acceptors (Lipinski definition) is 3. The molecule has 144 valence electrons. The van der Waals surface area contributed by atoms with E-state index in [9.17, 15) is 13.2 Å². The predicted molar refractivity (Wildman–Crippen MR) is 107 cm³/mol. The first-order valence-electron chi connectivity index (χ1n) is 9.40. The van der Waals surface area contributed by atoms with E-state index in [1.807, 2.05) is 37.3 Å². The Balaban J connectivity index is 1.81. The number of rotatable bonds is 5. The smallest absolute Gasteiger partial charge is 0.258 e. The van der Waals surface area contributed by atoms with Gasteiger partial charge in [-0.1, -0.05) is 31.5 Å². The monoisotopic (exact) mass is 386 g/mol.